The van der Waals surface area contributed by atoms with Gasteiger partial charge in [-0.05, 0) is 18.6 Å². The molecular weight excluding hydrogens is 214 g/mol. The van der Waals surface area contributed by atoms with Crippen molar-refractivity contribution in [3.8, 4) is 0 Å². The van der Waals surface area contributed by atoms with Gasteiger partial charge in [-0.3, -0.25) is 4.98 Å². The molecule has 0 spiro atoms. The Hall–Kier alpha value is -0.940. The van der Waals surface area contributed by atoms with Gasteiger partial charge in [0.1, 0.15) is 9.84 Å². The molecule has 0 saturated heterocycles. The molecule has 1 rings (SSSR count). The average Bonchev–Trinajstić information content (AvgIpc) is 2.15. The second kappa shape index (κ2) is 5.23. The van der Waals surface area contributed by atoms with Gasteiger partial charge in [0.2, 0.25) is 0 Å². The van der Waals surface area contributed by atoms with Gasteiger partial charge in [-0.15, -0.1) is 0 Å². The summed E-state index contributed by atoms with van der Waals surface area (Å²) in [6.45, 7) is 0. The Bertz CT molecular complexity index is 388. The Morgan fingerprint density at radius 3 is 2.73 bits per heavy atom. The van der Waals surface area contributed by atoms with Gasteiger partial charge in [0, 0.05) is 24.6 Å². The van der Waals surface area contributed by atoms with E-state index in [1.165, 1.54) is 6.26 Å². The lowest BCUT2D eigenvalue weighted by Crippen LogP contribution is -2.16. The molecule has 5 heteroatoms. The van der Waals surface area contributed by atoms with Crippen molar-refractivity contribution in [2.24, 2.45) is 0 Å². The van der Waals surface area contributed by atoms with Crippen LogP contribution >= 0.6 is 0 Å². The van der Waals surface area contributed by atoms with Crippen molar-refractivity contribution in [3.05, 3.63) is 30.1 Å². The van der Waals surface area contributed by atoms with Gasteiger partial charge in [0.25, 0.3) is 0 Å². The van der Waals surface area contributed by atoms with E-state index in [1.807, 2.05) is 12.1 Å². The van der Waals surface area contributed by atoms with E-state index in [0.29, 0.717) is 6.42 Å². The molecule has 1 aromatic heterocycles. The fourth-order valence-electron chi connectivity index (χ4n) is 1.21. The Kier molecular flexibility index (Phi) is 4.23. The van der Waals surface area contributed by atoms with Crippen LogP contribution in [0.5, 0.6) is 0 Å². The van der Waals surface area contributed by atoms with E-state index in [4.69, 9.17) is 0 Å². The van der Waals surface area contributed by atoms with Gasteiger partial charge in [-0.2, -0.15) is 0 Å². The SMILES string of the molecule is CS(=O)(=O)CCC(O)Cc1ccccn1. The predicted molar refractivity (Wildman–Crippen MR) is 58.3 cm³/mol. The van der Waals surface area contributed by atoms with E-state index in [1.54, 1.807) is 12.3 Å². The van der Waals surface area contributed by atoms with Crippen LogP contribution < -0.4 is 0 Å². The topological polar surface area (TPSA) is 67.3 Å². The van der Waals surface area contributed by atoms with Gasteiger partial charge in [0.05, 0.1) is 11.9 Å². The zero-order valence-corrected chi connectivity index (χ0v) is 9.44. The summed E-state index contributed by atoms with van der Waals surface area (Å²) in [6.07, 6.45) is 2.83. The van der Waals surface area contributed by atoms with Crippen LogP contribution in [0.4, 0.5) is 0 Å². The molecule has 84 valence electrons. The summed E-state index contributed by atoms with van der Waals surface area (Å²) in [7, 11) is -2.99. The highest BCUT2D eigenvalue weighted by atomic mass is 32.2. The Labute approximate surface area is 89.9 Å². The summed E-state index contributed by atoms with van der Waals surface area (Å²) < 4.78 is 21.7. The van der Waals surface area contributed by atoms with Gasteiger partial charge in [-0.25, -0.2) is 8.42 Å². The summed E-state index contributed by atoms with van der Waals surface area (Å²) in [5.41, 5.74) is 0.776. The fraction of sp³-hybridized carbons (Fsp3) is 0.500. The van der Waals surface area contributed by atoms with E-state index in [-0.39, 0.29) is 12.2 Å². The van der Waals surface area contributed by atoms with E-state index >= 15 is 0 Å². The highest BCUT2D eigenvalue weighted by Crippen LogP contribution is 2.03. The number of aromatic nitrogens is 1. The van der Waals surface area contributed by atoms with E-state index < -0.39 is 15.9 Å². The quantitative estimate of drug-likeness (QED) is 0.794. The molecule has 0 amide bonds. The first-order valence-electron chi connectivity index (χ1n) is 4.73. The Morgan fingerprint density at radius 2 is 2.20 bits per heavy atom. The van der Waals surface area contributed by atoms with Crippen molar-refractivity contribution < 1.29 is 13.5 Å². The summed E-state index contributed by atoms with van der Waals surface area (Å²) in [5.74, 6) is 0.0149. The van der Waals surface area contributed by atoms with Crippen molar-refractivity contribution in [3.63, 3.8) is 0 Å². The minimum absolute atomic E-state index is 0.0149. The van der Waals surface area contributed by atoms with Crippen LogP contribution in [-0.2, 0) is 16.3 Å². The highest BCUT2D eigenvalue weighted by Gasteiger charge is 2.10. The standard InChI is InChI=1S/C10H15NO3S/c1-15(13,14)7-5-10(12)8-9-4-2-3-6-11-9/h2-4,6,10,12H,5,7-8H2,1H3. The molecule has 4 nitrogen and oxygen atoms in total. The summed E-state index contributed by atoms with van der Waals surface area (Å²) in [6, 6.07) is 5.45. The van der Waals surface area contributed by atoms with Gasteiger partial charge < -0.3 is 5.11 Å². The van der Waals surface area contributed by atoms with Crippen molar-refractivity contribution in [2.75, 3.05) is 12.0 Å². The van der Waals surface area contributed by atoms with Gasteiger partial charge in [-0.1, -0.05) is 6.07 Å². The Balaban J connectivity index is 2.40. The normalized spacial score (nSPS) is 13.7. The summed E-state index contributed by atoms with van der Waals surface area (Å²) in [5, 5.41) is 9.56. The molecule has 15 heavy (non-hydrogen) atoms. The molecule has 1 atom stereocenters. The third-order valence-electron chi connectivity index (χ3n) is 1.99. The van der Waals surface area contributed by atoms with Crippen LogP contribution in [0.3, 0.4) is 0 Å². The van der Waals surface area contributed by atoms with E-state index in [9.17, 15) is 13.5 Å². The maximum absolute atomic E-state index is 10.9. The number of nitrogens with zero attached hydrogens (tertiary/aromatic N) is 1. The first kappa shape index (κ1) is 12.1. The predicted octanol–water partition coefficient (Wildman–Crippen LogP) is 0.420. The molecular formula is C10H15NO3S. The Morgan fingerprint density at radius 1 is 1.47 bits per heavy atom. The van der Waals surface area contributed by atoms with Crippen molar-refractivity contribution in [2.45, 2.75) is 18.9 Å². The number of aliphatic hydroxyl groups is 1. The van der Waals surface area contributed by atoms with Crippen LogP contribution in [0.15, 0.2) is 24.4 Å². The van der Waals surface area contributed by atoms with Crippen molar-refractivity contribution >= 4 is 9.84 Å². The van der Waals surface area contributed by atoms with Crippen molar-refractivity contribution in [1.29, 1.82) is 0 Å². The molecule has 0 aliphatic rings. The smallest absolute Gasteiger partial charge is 0.147 e. The van der Waals surface area contributed by atoms with Crippen LogP contribution in [0.1, 0.15) is 12.1 Å². The largest absolute Gasteiger partial charge is 0.393 e. The van der Waals surface area contributed by atoms with Crippen molar-refractivity contribution in [1.82, 2.24) is 4.98 Å². The fourth-order valence-corrected chi connectivity index (χ4v) is 1.91. The minimum Gasteiger partial charge on any atom is -0.393 e. The highest BCUT2D eigenvalue weighted by molar-refractivity contribution is 7.90. The monoisotopic (exact) mass is 229 g/mol. The third-order valence-corrected chi connectivity index (χ3v) is 2.97. The lowest BCUT2D eigenvalue weighted by molar-refractivity contribution is 0.170. The molecule has 1 aromatic rings. The number of sulfone groups is 1. The molecule has 0 bridgehead atoms. The summed E-state index contributed by atoms with van der Waals surface area (Å²) >= 11 is 0. The molecule has 0 aromatic carbocycles. The molecule has 0 saturated carbocycles. The van der Waals surface area contributed by atoms with Crippen LogP contribution in [0.2, 0.25) is 0 Å². The van der Waals surface area contributed by atoms with E-state index in [0.717, 1.165) is 5.69 Å². The second-order valence-electron chi connectivity index (χ2n) is 3.60. The lowest BCUT2D eigenvalue weighted by atomic mass is 10.1. The number of rotatable bonds is 5. The molecule has 1 N–H and O–H groups in total. The number of hydrogen-bond donors (Lipinski definition) is 1. The summed E-state index contributed by atoms with van der Waals surface area (Å²) in [4.78, 5) is 4.05. The van der Waals surface area contributed by atoms with Crippen LogP contribution in [0.25, 0.3) is 0 Å². The average molecular weight is 229 g/mol. The number of pyridine rings is 1. The molecule has 0 fully saturated rings. The molecule has 0 radical (unpaired) electrons. The molecule has 1 unspecified atom stereocenters. The lowest BCUT2D eigenvalue weighted by Gasteiger charge is -2.08. The van der Waals surface area contributed by atoms with Gasteiger partial charge >= 0.3 is 0 Å². The molecule has 0 aliphatic carbocycles. The first-order chi connectivity index (χ1) is 6.97. The molecule has 1 heterocycles. The maximum Gasteiger partial charge on any atom is 0.147 e. The van der Waals surface area contributed by atoms with E-state index in [2.05, 4.69) is 4.98 Å². The zero-order valence-electron chi connectivity index (χ0n) is 8.63. The van der Waals surface area contributed by atoms with Crippen LogP contribution in [0, 0.1) is 0 Å². The van der Waals surface area contributed by atoms with Gasteiger partial charge in [0.15, 0.2) is 0 Å². The molecule has 0 aliphatic heterocycles. The third kappa shape index (κ3) is 5.49. The second-order valence-corrected chi connectivity index (χ2v) is 5.86. The minimum atomic E-state index is -2.99. The number of aliphatic hydroxyl groups excluding tert-OH is 1. The number of hydrogen-bond acceptors (Lipinski definition) is 4. The first-order valence-corrected chi connectivity index (χ1v) is 6.79. The maximum atomic E-state index is 10.9. The van der Waals surface area contributed by atoms with Crippen LogP contribution in [-0.4, -0.2) is 36.6 Å². The zero-order chi connectivity index (χ0) is 11.3.